The number of rotatable bonds is 7. The number of aryl methyl sites for hydroxylation is 2. The molecule has 0 aliphatic carbocycles. The Morgan fingerprint density at radius 2 is 1.93 bits per heavy atom. The Morgan fingerprint density at radius 3 is 2.67 bits per heavy atom. The Hall–Kier alpha value is -0.850. The minimum Gasteiger partial charge on any atom is -0.205 e. The van der Waals surface area contributed by atoms with Gasteiger partial charge in [-0.2, -0.15) is 0 Å². The molecule has 1 nitrogen and oxygen atoms in total. The Labute approximate surface area is 94.1 Å². The van der Waals surface area contributed by atoms with E-state index in [1.807, 2.05) is 0 Å². The first-order valence-corrected chi connectivity index (χ1v) is 6.34. The predicted molar refractivity (Wildman–Crippen MR) is 64.8 cm³/mol. The van der Waals surface area contributed by atoms with Crippen molar-refractivity contribution in [3.05, 3.63) is 30.1 Å². The summed E-state index contributed by atoms with van der Waals surface area (Å²) in [6.45, 7) is 5.63. The van der Waals surface area contributed by atoms with Gasteiger partial charge in [0.25, 0.3) is 0 Å². The Balaban J connectivity index is 2.36. The molecule has 0 N–H and O–H groups in total. The summed E-state index contributed by atoms with van der Waals surface area (Å²) in [7, 11) is 0. The first-order valence-electron chi connectivity index (χ1n) is 6.34. The normalized spacial score (nSPS) is 10.5. The van der Waals surface area contributed by atoms with Crippen molar-refractivity contribution in [3.8, 4) is 0 Å². The highest BCUT2D eigenvalue weighted by atomic mass is 14.9. The van der Waals surface area contributed by atoms with Gasteiger partial charge in [-0.1, -0.05) is 33.1 Å². The Kier molecular flexibility index (Phi) is 6.06. The molecule has 1 rings (SSSR count). The highest BCUT2D eigenvalue weighted by Crippen LogP contribution is 2.05. The molecule has 0 aliphatic rings. The lowest BCUT2D eigenvalue weighted by molar-refractivity contribution is -0.697. The molecular formula is C14H24N+. The van der Waals surface area contributed by atoms with Gasteiger partial charge in [0.15, 0.2) is 12.4 Å². The Morgan fingerprint density at radius 1 is 1.07 bits per heavy atom. The molecule has 0 bridgehead atoms. The van der Waals surface area contributed by atoms with Gasteiger partial charge < -0.3 is 0 Å². The third-order valence-electron chi connectivity index (χ3n) is 2.72. The largest absolute Gasteiger partial charge is 0.205 e. The first-order chi connectivity index (χ1) is 7.36. The van der Waals surface area contributed by atoms with Crippen molar-refractivity contribution in [1.29, 1.82) is 0 Å². The van der Waals surface area contributed by atoms with Gasteiger partial charge in [-0.05, 0) is 18.9 Å². The zero-order valence-electron chi connectivity index (χ0n) is 10.2. The summed E-state index contributed by atoms with van der Waals surface area (Å²) in [6.07, 6.45) is 12.3. The molecule has 0 spiro atoms. The van der Waals surface area contributed by atoms with E-state index < -0.39 is 0 Å². The fourth-order valence-electron chi connectivity index (χ4n) is 1.88. The molecule has 84 valence electrons. The number of aromatic nitrogens is 1. The van der Waals surface area contributed by atoms with Crippen LogP contribution in [0.3, 0.4) is 0 Å². The van der Waals surface area contributed by atoms with Gasteiger partial charge in [0.05, 0.1) is 0 Å². The maximum absolute atomic E-state index is 2.30. The molecule has 1 heteroatoms. The Bertz CT molecular complexity index is 268. The quantitative estimate of drug-likeness (QED) is 0.475. The van der Waals surface area contributed by atoms with Crippen LogP contribution in [-0.2, 0) is 13.0 Å². The van der Waals surface area contributed by atoms with E-state index in [0.29, 0.717) is 0 Å². The average Bonchev–Trinajstić information content (AvgIpc) is 2.26. The van der Waals surface area contributed by atoms with Crippen molar-refractivity contribution in [1.82, 2.24) is 0 Å². The van der Waals surface area contributed by atoms with Crippen LogP contribution < -0.4 is 4.57 Å². The fourth-order valence-corrected chi connectivity index (χ4v) is 1.88. The van der Waals surface area contributed by atoms with Crippen LogP contribution in [0.4, 0.5) is 0 Å². The molecular weight excluding hydrogens is 182 g/mol. The van der Waals surface area contributed by atoms with Crippen molar-refractivity contribution in [2.45, 2.75) is 58.9 Å². The number of unbranched alkanes of at least 4 members (excludes halogenated alkanes) is 3. The van der Waals surface area contributed by atoms with E-state index in [4.69, 9.17) is 0 Å². The summed E-state index contributed by atoms with van der Waals surface area (Å²) in [5.74, 6) is 0. The van der Waals surface area contributed by atoms with E-state index in [2.05, 4.69) is 42.9 Å². The van der Waals surface area contributed by atoms with Gasteiger partial charge in [0.2, 0.25) is 0 Å². The summed E-state index contributed by atoms with van der Waals surface area (Å²) < 4.78 is 2.30. The molecule has 0 amide bonds. The second-order valence-electron chi connectivity index (χ2n) is 4.26. The van der Waals surface area contributed by atoms with Crippen LogP contribution in [0.15, 0.2) is 24.5 Å². The van der Waals surface area contributed by atoms with Crippen LogP contribution in [0.1, 0.15) is 51.5 Å². The van der Waals surface area contributed by atoms with Gasteiger partial charge in [-0.3, -0.25) is 0 Å². The summed E-state index contributed by atoms with van der Waals surface area (Å²) in [4.78, 5) is 0. The summed E-state index contributed by atoms with van der Waals surface area (Å²) in [6, 6.07) is 4.42. The number of nitrogens with zero attached hydrogens (tertiary/aromatic N) is 1. The topological polar surface area (TPSA) is 3.88 Å². The molecule has 0 radical (unpaired) electrons. The van der Waals surface area contributed by atoms with Gasteiger partial charge in [0.1, 0.15) is 6.54 Å². The van der Waals surface area contributed by atoms with E-state index in [1.54, 1.807) is 0 Å². The zero-order chi connectivity index (χ0) is 10.9. The SMILES string of the molecule is CCCCCCc1ccc[n+](CCC)c1. The molecule has 0 unspecified atom stereocenters. The lowest BCUT2D eigenvalue weighted by Gasteiger charge is -2.00. The molecule has 0 aliphatic heterocycles. The van der Waals surface area contributed by atoms with Crippen molar-refractivity contribution < 1.29 is 4.57 Å². The van der Waals surface area contributed by atoms with Crippen LogP contribution >= 0.6 is 0 Å². The van der Waals surface area contributed by atoms with Crippen molar-refractivity contribution in [2.75, 3.05) is 0 Å². The van der Waals surface area contributed by atoms with E-state index >= 15 is 0 Å². The van der Waals surface area contributed by atoms with Crippen LogP contribution in [0.25, 0.3) is 0 Å². The third kappa shape index (κ3) is 4.96. The lowest BCUT2D eigenvalue weighted by atomic mass is 10.1. The predicted octanol–water partition coefficient (Wildman–Crippen LogP) is 3.51. The molecule has 0 saturated heterocycles. The summed E-state index contributed by atoms with van der Waals surface area (Å²) in [5, 5.41) is 0. The van der Waals surface area contributed by atoms with Gasteiger partial charge in [0, 0.05) is 18.1 Å². The van der Waals surface area contributed by atoms with E-state index in [1.165, 1.54) is 44.1 Å². The standard InChI is InChI=1S/C14H24N/c1-3-5-6-7-9-14-10-8-12-15(13-14)11-4-2/h8,10,12-13H,3-7,9,11H2,1-2H3/q+1. The highest BCUT2D eigenvalue weighted by Gasteiger charge is 2.00. The van der Waals surface area contributed by atoms with Crippen LogP contribution in [0, 0.1) is 0 Å². The molecule has 0 aromatic carbocycles. The number of hydrogen-bond donors (Lipinski definition) is 0. The molecule has 0 atom stereocenters. The highest BCUT2D eigenvalue weighted by molar-refractivity contribution is 5.05. The molecule has 1 heterocycles. The molecule has 15 heavy (non-hydrogen) atoms. The lowest BCUT2D eigenvalue weighted by Crippen LogP contribution is -2.32. The third-order valence-corrected chi connectivity index (χ3v) is 2.72. The number of pyridine rings is 1. The van der Waals surface area contributed by atoms with E-state index in [-0.39, 0.29) is 0 Å². The van der Waals surface area contributed by atoms with E-state index in [0.717, 1.165) is 6.54 Å². The van der Waals surface area contributed by atoms with Gasteiger partial charge >= 0.3 is 0 Å². The first kappa shape index (κ1) is 12.2. The smallest absolute Gasteiger partial charge is 0.171 e. The minimum absolute atomic E-state index is 1.14. The summed E-state index contributed by atoms with van der Waals surface area (Å²) >= 11 is 0. The van der Waals surface area contributed by atoms with Crippen LogP contribution in [-0.4, -0.2) is 0 Å². The maximum atomic E-state index is 2.30. The molecule has 0 fully saturated rings. The number of hydrogen-bond acceptors (Lipinski definition) is 0. The fraction of sp³-hybridized carbons (Fsp3) is 0.643. The summed E-state index contributed by atoms with van der Waals surface area (Å²) in [5.41, 5.74) is 1.49. The molecule has 0 saturated carbocycles. The van der Waals surface area contributed by atoms with Gasteiger partial charge in [-0.25, -0.2) is 4.57 Å². The van der Waals surface area contributed by atoms with Crippen LogP contribution in [0.5, 0.6) is 0 Å². The van der Waals surface area contributed by atoms with E-state index in [9.17, 15) is 0 Å². The average molecular weight is 206 g/mol. The van der Waals surface area contributed by atoms with Crippen molar-refractivity contribution >= 4 is 0 Å². The monoisotopic (exact) mass is 206 g/mol. The van der Waals surface area contributed by atoms with Crippen molar-refractivity contribution in [3.63, 3.8) is 0 Å². The van der Waals surface area contributed by atoms with Crippen LogP contribution in [0.2, 0.25) is 0 Å². The molecule has 1 aromatic rings. The maximum Gasteiger partial charge on any atom is 0.171 e. The second kappa shape index (κ2) is 7.44. The minimum atomic E-state index is 1.14. The van der Waals surface area contributed by atoms with Crippen molar-refractivity contribution in [2.24, 2.45) is 0 Å². The van der Waals surface area contributed by atoms with Gasteiger partial charge in [-0.15, -0.1) is 0 Å². The second-order valence-corrected chi connectivity index (χ2v) is 4.26. The molecule has 1 aromatic heterocycles. The zero-order valence-corrected chi connectivity index (χ0v) is 10.2.